The molecule has 0 amide bonds. The molecule has 2 unspecified atom stereocenters. The SMILES string of the molecule is O=S1CCC(NCC2CCCC(O)C2)CC1. The summed E-state index contributed by atoms with van der Waals surface area (Å²) in [6.45, 7) is 1.04. The summed E-state index contributed by atoms with van der Waals surface area (Å²) in [5.41, 5.74) is 0. The molecule has 0 radical (unpaired) electrons. The molecule has 1 heterocycles. The van der Waals surface area contributed by atoms with E-state index >= 15 is 0 Å². The quantitative estimate of drug-likeness (QED) is 0.781. The third kappa shape index (κ3) is 3.82. The average Bonchev–Trinajstić information content (AvgIpc) is 2.28. The van der Waals surface area contributed by atoms with Gasteiger partial charge in [0.05, 0.1) is 6.10 Å². The molecule has 1 aliphatic heterocycles. The third-order valence-corrected chi connectivity index (χ3v) is 5.22. The molecule has 1 aliphatic carbocycles. The molecule has 1 saturated carbocycles. The van der Waals surface area contributed by atoms with Gasteiger partial charge >= 0.3 is 0 Å². The van der Waals surface area contributed by atoms with Crippen molar-refractivity contribution in [2.24, 2.45) is 5.92 Å². The largest absolute Gasteiger partial charge is 0.393 e. The average molecular weight is 245 g/mol. The number of rotatable bonds is 3. The minimum atomic E-state index is -0.555. The van der Waals surface area contributed by atoms with Crippen LogP contribution in [0, 0.1) is 5.92 Å². The second kappa shape index (κ2) is 6.12. The maximum Gasteiger partial charge on any atom is 0.0543 e. The monoisotopic (exact) mass is 245 g/mol. The van der Waals surface area contributed by atoms with Crippen LogP contribution in [-0.2, 0) is 10.8 Å². The fraction of sp³-hybridized carbons (Fsp3) is 1.00. The third-order valence-electron chi connectivity index (χ3n) is 3.84. The molecule has 2 atom stereocenters. The van der Waals surface area contributed by atoms with Crippen LogP contribution >= 0.6 is 0 Å². The van der Waals surface area contributed by atoms with E-state index in [1.165, 1.54) is 12.8 Å². The minimum absolute atomic E-state index is 0.0700. The van der Waals surface area contributed by atoms with E-state index in [-0.39, 0.29) is 6.10 Å². The summed E-state index contributed by atoms with van der Waals surface area (Å²) in [5, 5.41) is 13.2. The number of aliphatic hydroxyl groups is 1. The van der Waals surface area contributed by atoms with Crippen LogP contribution in [0.1, 0.15) is 38.5 Å². The molecule has 94 valence electrons. The Bertz CT molecular complexity index is 237. The van der Waals surface area contributed by atoms with Gasteiger partial charge in [-0.25, -0.2) is 0 Å². The van der Waals surface area contributed by atoms with Gasteiger partial charge in [0.25, 0.3) is 0 Å². The predicted octanol–water partition coefficient (Wildman–Crippen LogP) is 1.04. The minimum Gasteiger partial charge on any atom is -0.393 e. The highest BCUT2D eigenvalue weighted by molar-refractivity contribution is 7.85. The van der Waals surface area contributed by atoms with Gasteiger partial charge in [-0.05, 0) is 44.6 Å². The molecular formula is C12H23NO2S. The van der Waals surface area contributed by atoms with Crippen LogP contribution in [0.2, 0.25) is 0 Å². The van der Waals surface area contributed by atoms with Crippen molar-refractivity contribution in [1.29, 1.82) is 0 Å². The summed E-state index contributed by atoms with van der Waals surface area (Å²) in [6, 6.07) is 0.566. The van der Waals surface area contributed by atoms with Gasteiger partial charge in [0, 0.05) is 28.3 Å². The molecule has 0 aromatic rings. The molecule has 2 rings (SSSR count). The summed E-state index contributed by atoms with van der Waals surface area (Å²) in [5.74, 6) is 2.38. The number of nitrogens with one attached hydrogen (secondary N) is 1. The lowest BCUT2D eigenvalue weighted by Gasteiger charge is -2.29. The zero-order valence-corrected chi connectivity index (χ0v) is 10.7. The number of hydrogen-bond acceptors (Lipinski definition) is 3. The van der Waals surface area contributed by atoms with Gasteiger partial charge in [0.1, 0.15) is 0 Å². The number of hydrogen-bond donors (Lipinski definition) is 2. The fourth-order valence-electron chi connectivity index (χ4n) is 2.78. The van der Waals surface area contributed by atoms with E-state index in [0.29, 0.717) is 12.0 Å². The van der Waals surface area contributed by atoms with Gasteiger partial charge < -0.3 is 10.4 Å². The van der Waals surface area contributed by atoms with Gasteiger partial charge in [0.15, 0.2) is 0 Å². The van der Waals surface area contributed by atoms with Crippen LogP contribution in [0.3, 0.4) is 0 Å². The first kappa shape index (κ1) is 12.5. The Balaban J connectivity index is 1.65. The Labute approximate surface area is 100 Å². The molecule has 16 heavy (non-hydrogen) atoms. The first-order valence-corrected chi connectivity index (χ1v) is 7.99. The van der Waals surface area contributed by atoms with Crippen LogP contribution in [-0.4, -0.2) is 39.5 Å². The van der Waals surface area contributed by atoms with Crippen molar-refractivity contribution >= 4 is 10.8 Å². The lowest BCUT2D eigenvalue weighted by atomic mass is 9.87. The van der Waals surface area contributed by atoms with Gasteiger partial charge in [-0.3, -0.25) is 4.21 Å². The van der Waals surface area contributed by atoms with E-state index in [2.05, 4.69) is 5.32 Å². The summed E-state index contributed by atoms with van der Waals surface area (Å²) >= 11 is 0. The van der Waals surface area contributed by atoms with Gasteiger partial charge in [0.2, 0.25) is 0 Å². The maximum absolute atomic E-state index is 11.2. The molecule has 4 heteroatoms. The Kier molecular flexibility index (Phi) is 4.79. The summed E-state index contributed by atoms with van der Waals surface area (Å²) in [7, 11) is -0.555. The Hall–Kier alpha value is 0.0700. The standard InChI is InChI=1S/C12H23NO2S/c14-12-3-1-2-10(8-12)9-13-11-4-6-16(15)7-5-11/h10-14H,1-9H2. The zero-order chi connectivity index (χ0) is 11.4. The van der Waals surface area contributed by atoms with E-state index in [0.717, 1.165) is 43.7 Å². The lowest BCUT2D eigenvalue weighted by Crippen LogP contribution is -2.39. The maximum atomic E-state index is 11.2. The Morgan fingerprint density at radius 3 is 2.62 bits per heavy atom. The van der Waals surface area contributed by atoms with E-state index in [4.69, 9.17) is 0 Å². The van der Waals surface area contributed by atoms with Crippen molar-refractivity contribution in [3.05, 3.63) is 0 Å². The zero-order valence-electron chi connectivity index (χ0n) is 9.86. The van der Waals surface area contributed by atoms with Gasteiger partial charge in [-0.15, -0.1) is 0 Å². The Morgan fingerprint density at radius 1 is 1.19 bits per heavy atom. The van der Waals surface area contributed by atoms with Gasteiger partial charge in [-0.2, -0.15) is 0 Å². The second-order valence-electron chi connectivity index (χ2n) is 5.22. The smallest absolute Gasteiger partial charge is 0.0543 e. The van der Waals surface area contributed by atoms with E-state index in [1.54, 1.807) is 0 Å². The first-order chi connectivity index (χ1) is 7.74. The molecule has 0 aromatic heterocycles. The van der Waals surface area contributed by atoms with Crippen LogP contribution in [0.4, 0.5) is 0 Å². The molecule has 0 bridgehead atoms. The Morgan fingerprint density at radius 2 is 1.94 bits per heavy atom. The molecule has 3 nitrogen and oxygen atoms in total. The molecule has 0 spiro atoms. The van der Waals surface area contributed by atoms with Crippen molar-refractivity contribution in [3.8, 4) is 0 Å². The summed E-state index contributed by atoms with van der Waals surface area (Å²) < 4.78 is 11.2. The molecular weight excluding hydrogens is 222 g/mol. The summed E-state index contributed by atoms with van der Waals surface area (Å²) in [4.78, 5) is 0. The second-order valence-corrected chi connectivity index (χ2v) is 6.91. The molecule has 0 aromatic carbocycles. The van der Waals surface area contributed by atoms with E-state index in [1.807, 2.05) is 0 Å². The topological polar surface area (TPSA) is 49.3 Å². The van der Waals surface area contributed by atoms with Crippen LogP contribution in [0.5, 0.6) is 0 Å². The highest BCUT2D eigenvalue weighted by atomic mass is 32.2. The molecule has 2 N–H and O–H groups in total. The van der Waals surface area contributed by atoms with E-state index < -0.39 is 10.8 Å². The van der Waals surface area contributed by atoms with Crippen LogP contribution < -0.4 is 5.32 Å². The van der Waals surface area contributed by atoms with Crippen molar-refractivity contribution < 1.29 is 9.32 Å². The molecule has 1 saturated heterocycles. The molecule has 2 fully saturated rings. The van der Waals surface area contributed by atoms with Crippen LogP contribution in [0.25, 0.3) is 0 Å². The van der Waals surface area contributed by atoms with Crippen molar-refractivity contribution in [2.75, 3.05) is 18.1 Å². The fourth-order valence-corrected chi connectivity index (χ4v) is 4.08. The first-order valence-electron chi connectivity index (χ1n) is 6.50. The molecule has 2 aliphatic rings. The van der Waals surface area contributed by atoms with Crippen molar-refractivity contribution in [1.82, 2.24) is 5.32 Å². The highest BCUT2D eigenvalue weighted by Crippen LogP contribution is 2.24. The van der Waals surface area contributed by atoms with Crippen molar-refractivity contribution in [2.45, 2.75) is 50.7 Å². The van der Waals surface area contributed by atoms with E-state index in [9.17, 15) is 9.32 Å². The predicted molar refractivity (Wildman–Crippen MR) is 66.9 cm³/mol. The normalized spacial score (nSPS) is 40.8. The van der Waals surface area contributed by atoms with Gasteiger partial charge in [-0.1, -0.05) is 6.42 Å². The number of aliphatic hydroxyl groups excluding tert-OH is 1. The highest BCUT2D eigenvalue weighted by Gasteiger charge is 2.22. The van der Waals surface area contributed by atoms with Crippen molar-refractivity contribution in [3.63, 3.8) is 0 Å². The lowest BCUT2D eigenvalue weighted by molar-refractivity contribution is 0.0994. The summed E-state index contributed by atoms with van der Waals surface area (Å²) in [6.07, 6.45) is 6.42. The van der Waals surface area contributed by atoms with Crippen LogP contribution in [0.15, 0.2) is 0 Å².